The highest BCUT2D eigenvalue weighted by Gasteiger charge is 2.13. The molecule has 3 aromatic heterocycles. The molecule has 7 heteroatoms. The van der Waals surface area contributed by atoms with Gasteiger partial charge in [-0.05, 0) is 24.6 Å². The number of hydrogen-bond acceptors (Lipinski definition) is 6. The fraction of sp³-hybridized carbons (Fsp3) is 0.167. The first-order chi connectivity index (χ1) is 12.3. The van der Waals surface area contributed by atoms with Crippen molar-refractivity contribution in [3.05, 3.63) is 71.6 Å². The minimum atomic E-state index is 0.459. The Hall–Kier alpha value is -2.80. The molecule has 0 unspecified atom stereocenters. The number of rotatable bonds is 6. The molecule has 0 aliphatic rings. The summed E-state index contributed by atoms with van der Waals surface area (Å²) in [6, 6.07) is 13.9. The SMILES string of the molecule is Cc1[nH]c(SCc2nc(-c3ccco3)no2)nc1Cc1ccccc1. The third-order valence-corrected chi connectivity index (χ3v) is 4.58. The summed E-state index contributed by atoms with van der Waals surface area (Å²) in [5.74, 6) is 2.14. The van der Waals surface area contributed by atoms with Gasteiger partial charge in [0.05, 0.1) is 17.7 Å². The maximum absolute atomic E-state index is 5.26. The summed E-state index contributed by atoms with van der Waals surface area (Å²) in [5.41, 5.74) is 3.37. The molecule has 1 aromatic carbocycles. The summed E-state index contributed by atoms with van der Waals surface area (Å²) in [6.45, 7) is 2.04. The average molecular weight is 352 g/mol. The molecule has 0 fully saturated rings. The van der Waals surface area contributed by atoms with E-state index < -0.39 is 0 Å². The number of imidazole rings is 1. The van der Waals surface area contributed by atoms with Gasteiger partial charge in [0, 0.05) is 12.1 Å². The van der Waals surface area contributed by atoms with Crippen LogP contribution >= 0.6 is 11.8 Å². The Balaban J connectivity index is 1.41. The van der Waals surface area contributed by atoms with Gasteiger partial charge in [-0.1, -0.05) is 47.3 Å². The zero-order valence-electron chi connectivity index (χ0n) is 13.6. The van der Waals surface area contributed by atoms with E-state index >= 15 is 0 Å². The van der Waals surface area contributed by atoms with Crippen molar-refractivity contribution in [2.75, 3.05) is 0 Å². The number of thioether (sulfide) groups is 1. The Morgan fingerprint density at radius 2 is 1.96 bits per heavy atom. The quantitative estimate of drug-likeness (QED) is 0.523. The van der Waals surface area contributed by atoms with Gasteiger partial charge in [0.2, 0.25) is 11.7 Å². The van der Waals surface area contributed by atoms with Gasteiger partial charge in [-0.15, -0.1) is 0 Å². The van der Waals surface area contributed by atoms with Crippen molar-refractivity contribution >= 4 is 11.8 Å². The normalized spacial score (nSPS) is 11.1. The Morgan fingerprint density at radius 1 is 1.08 bits per heavy atom. The van der Waals surface area contributed by atoms with Gasteiger partial charge >= 0.3 is 0 Å². The van der Waals surface area contributed by atoms with Gasteiger partial charge in [-0.25, -0.2) is 4.98 Å². The van der Waals surface area contributed by atoms with Crippen molar-refractivity contribution in [2.45, 2.75) is 24.3 Å². The van der Waals surface area contributed by atoms with Crippen molar-refractivity contribution in [1.82, 2.24) is 20.1 Å². The van der Waals surface area contributed by atoms with E-state index in [-0.39, 0.29) is 0 Å². The number of nitrogens with one attached hydrogen (secondary N) is 1. The van der Waals surface area contributed by atoms with Crippen LogP contribution in [-0.4, -0.2) is 20.1 Å². The van der Waals surface area contributed by atoms with Crippen molar-refractivity contribution in [2.24, 2.45) is 0 Å². The van der Waals surface area contributed by atoms with E-state index in [2.05, 4.69) is 32.2 Å². The molecule has 1 N–H and O–H groups in total. The van der Waals surface area contributed by atoms with E-state index in [1.54, 1.807) is 18.4 Å². The third-order valence-electron chi connectivity index (χ3n) is 3.72. The number of hydrogen-bond donors (Lipinski definition) is 1. The molecule has 6 nitrogen and oxygen atoms in total. The van der Waals surface area contributed by atoms with E-state index in [1.165, 1.54) is 17.3 Å². The van der Waals surface area contributed by atoms with Crippen LogP contribution in [0.25, 0.3) is 11.6 Å². The third kappa shape index (κ3) is 3.66. The number of furan rings is 1. The second-order valence-corrected chi connectivity index (χ2v) is 6.52. The first-order valence-electron chi connectivity index (χ1n) is 7.86. The number of nitrogens with zero attached hydrogens (tertiary/aromatic N) is 3. The Morgan fingerprint density at radius 3 is 2.76 bits per heavy atom. The van der Waals surface area contributed by atoms with E-state index in [1.807, 2.05) is 25.1 Å². The van der Waals surface area contributed by atoms with Crippen LogP contribution in [-0.2, 0) is 12.2 Å². The Labute approximate surface area is 148 Å². The molecule has 0 saturated heterocycles. The first kappa shape index (κ1) is 15.7. The molecule has 0 atom stereocenters. The largest absolute Gasteiger partial charge is 0.461 e. The zero-order chi connectivity index (χ0) is 17.1. The van der Waals surface area contributed by atoms with Crippen LogP contribution in [0.3, 0.4) is 0 Å². The molecule has 0 bridgehead atoms. The highest BCUT2D eigenvalue weighted by atomic mass is 32.2. The van der Waals surface area contributed by atoms with E-state index in [4.69, 9.17) is 8.94 Å². The number of aromatic nitrogens is 4. The van der Waals surface area contributed by atoms with Crippen LogP contribution in [0, 0.1) is 6.92 Å². The fourth-order valence-corrected chi connectivity index (χ4v) is 3.22. The number of aromatic amines is 1. The molecule has 126 valence electrons. The molecule has 25 heavy (non-hydrogen) atoms. The molecule has 0 spiro atoms. The predicted octanol–water partition coefficient (Wildman–Crippen LogP) is 4.24. The molecule has 0 saturated carbocycles. The Kier molecular flexibility index (Phi) is 4.39. The topological polar surface area (TPSA) is 80.7 Å². The zero-order valence-corrected chi connectivity index (χ0v) is 14.4. The van der Waals surface area contributed by atoms with Gasteiger partial charge in [0.25, 0.3) is 0 Å². The maximum Gasteiger partial charge on any atom is 0.238 e. The van der Waals surface area contributed by atoms with Crippen LogP contribution in [0.2, 0.25) is 0 Å². The van der Waals surface area contributed by atoms with Crippen molar-refractivity contribution in [3.63, 3.8) is 0 Å². The van der Waals surface area contributed by atoms with E-state index in [9.17, 15) is 0 Å². The van der Waals surface area contributed by atoms with Gasteiger partial charge in [-0.3, -0.25) is 0 Å². The standard InChI is InChI=1S/C18H16N4O2S/c1-12-14(10-13-6-3-2-4-7-13)20-18(19-12)25-11-16-21-17(22-24-16)15-8-5-9-23-15/h2-9H,10-11H2,1H3,(H,19,20). The summed E-state index contributed by atoms with van der Waals surface area (Å²) in [5, 5.41) is 4.77. The lowest BCUT2D eigenvalue weighted by Gasteiger charge is -1.98. The van der Waals surface area contributed by atoms with Gasteiger partial charge in [0.15, 0.2) is 10.9 Å². The average Bonchev–Trinajstić information content (AvgIpc) is 3.35. The summed E-state index contributed by atoms with van der Waals surface area (Å²) in [4.78, 5) is 12.3. The molecular weight excluding hydrogens is 336 g/mol. The fourth-order valence-electron chi connectivity index (χ4n) is 2.45. The minimum Gasteiger partial charge on any atom is -0.461 e. The van der Waals surface area contributed by atoms with Crippen molar-refractivity contribution in [3.8, 4) is 11.6 Å². The summed E-state index contributed by atoms with van der Waals surface area (Å²) < 4.78 is 10.5. The molecule has 0 amide bonds. The van der Waals surface area contributed by atoms with E-state index in [0.717, 1.165) is 23.0 Å². The molecule has 0 aliphatic heterocycles. The molecule has 4 rings (SSSR count). The first-order valence-corrected chi connectivity index (χ1v) is 8.85. The molecule has 3 heterocycles. The Bertz CT molecular complexity index is 945. The lowest BCUT2D eigenvalue weighted by Crippen LogP contribution is -1.90. The van der Waals surface area contributed by atoms with Gasteiger partial charge in [0.1, 0.15) is 0 Å². The van der Waals surface area contributed by atoms with Crippen molar-refractivity contribution in [1.29, 1.82) is 0 Å². The second kappa shape index (κ2) is 6.98. The monoisotopic (exact) mass is 352 g/mol. The summed E-state index contributed by atoms with van der Waals surface area (Å²) >= 11 is 1.54. The van der Waals surface area contributed by atoms with Crippen molar-refractivity contribution < 1.29 is 8.94 Å². The second-order valence-electron chi connectivity index (χ2n) is 5.55. The highest BCUT2D eigenvalue weighted by Crippen LogP contribution is 2.23. The van der Waals surface area contributed by atoms with Crippen LogP contribution < -0.4 is 0 Å². The highest BCUT2D eigenvalue weighted by molar-refractivity contribution is 7.98. The maximum atomic E-state index is 5.26. The number of H-pyrrole nitrogens is 1. The molecule has 4 aromatic rings. The lowest BCUT2D eigenvalue weighted by molar-refractivity contribution is 0.390. The summed E-state index contributed by atoms with van der Waals surface area (Å²) in [7, 11) is 0. The molecular formula is C18H16N4O2S. The smallest absolute Gasteiger partial charge is 0.238 e. The van der Waals surface area contributed by atoms with Gasteiger partial charge < -0.3 is 13.9 Å². The number of benzene rings is 1. The van der Waals surface area contributed by atoms with Crippen LogP contribution in [0.5, 0.6) is 0 Å². The van der Waals surface area contributed by atoms with E-state index in [0.29, 0.717) is 23.2 Å². The minimum absolute atomic E-state index is 0.459. The lowest BCUT2D eigenvalue weighted by atomic mass is 10.1. The summed E-state index contributed by atoms with van der Waals surface area (Å²) in [6.07, 6.45) is 2.40. The predicted molar refractivity (Wildman–Crippen MR) is 94.1 cm³/mol. The van der Waals surface area contributed by atoms with Crippen LogP contribution in [0.4, 0.5) is 0 Å². The molecule has 0 aliphatic carbocycles. The van der Waals surface area contributed by atoms with Crippen LogP contribution in [0.1, 0.15) is 22.8 Å². The molecule has 0 radical (unpaired) electrons. The van der Waals surface area contributed by atoms with Gasteiger partial charge in [-0.2, -0.15) is 4.98 Å². The van der Waals surface area contributed by atoms with Crippen LogP contribution in [0.15, 0.2) is 62.8 Å². The number of aryl methyl sites for hydroxylation is 1.